The van der Waals surface area contributed by atoms with Crippen molar-refractivity contribution in [3.63, 3.8) is 0 Å². The smallest absolute Gasteiger partial charge is 0.268 e. The molecule has 0 radical (unpaired) electrons. The molecule has 1 N–H and O–H groups in total. The molecule has 1 aliphatic carbocycles. The fourth-order valence-corrected chi connectivity index (χ4v) is 2.41. The average molecular weight is 258 g/mol. The van der Waals surface area contributed by atoms with Gasteiger partial charge in [-0.15, -0.1) is 0 Å². The highest BCUT2D eigenvalue weighted by Crippen LogP contribution is 2.40. The molecule has 0 aromatic carbocycles. The standard InChI is InChI=1S/C14H18N4O/c1-17-8-3-4-11(17)14(19)16-12(10-5-6-10)13-15-7-9-18(13)2/h3-4,7-10,12H,5-6H2,1-2H3,(H,16,19). The van der Waals surface area contributed by atoms with E-state index in [2.05, 4.69) is 10.3 Å². The van der Waals surface area contributed by atoms with Gasteiger partial charge in [-0.2, -0.15) is 0 Å². The van der Waals surface area contributed by atoms with E-state index in [9.17, 15) is 4.79 Å². The minimum atomic E-state index is -0.0348. The molecular weight excluding hydrogens is 240 g/mol. The summed E-state index contributed by atoms with van der Waals surface area (Å²) in [4.78, 5) is 16.7. The van der Waals surface area contributed by atoms with Crippen molar-refractivity contribution < 1.29 is 4.79 Å². The first-order valence-corrected chi connectivity index (χ1v) is 6.56. The second-order valence-electron chi connectivity index (χ2n) is 5.19. The van der Waals surface area contributed by atoms with Crippen molar-refractivity contribution in [1.29, 1.82) is 0 Å². The lowest BCUT2D eigenvalue weighted by Gasteiger charge is -2.18. The average Bonchev–Trinajstić information content (AvgIpc) is 3.00. The van der Waals surface area contributed by atoms with E-state index in [0.29, 0.717) is 11.6 Å². The maximum atomic E-state index is 12.3. The molecule has 5 nitrogen and oxygen atoms in total. The number of hydrogen-bond donors (Lipinski definition) is 1. The summed E-state index contributed by atoms with van der Waals surface area (Å²) in [6, 6.07) is 3.72. The SMILES string of the molecule is Cn1cccc1C(=O)NC(c1nccn1C)C1CC1. The Morgan fingerprint density at radius 2 is 2.16 bits per heavy atom. The van der Waals surface area contributed by atoms with Crippen LogP contribution in [0.25, 0.3) is 0 Å². The Balaban J connectivity index is 1.81. The monoisotopic (exact) mass is 258 g/mol. The molecule has 1 atom stereocenters. The van der Waals surface area contributed by atoms with Gasteiger partial charge in [0, 0.05) is 32.7 Å². The third kappa shape index (κ3) is 2.28. The Morgan fingerprint density at radius 1 is 1.37 bits per heavy atom. The fraction of sp³-hybridized carbons (Fsp3) is 0.429. The van der Waals surface area contributed by atoms with Gasteiger partial charge in [0.25, 0.3) is 5.91 Å². The van der Waals surface area contributed by atoms with E-state index in [0.717, 1.165) is 18.7 Å². The van der Waals surface area contributed by atoms with Crippen LogP contribution in [0.2, 0.25) is 0 Å². The number of aromatic nitrogens is 3. The summed E-state index contributed by atoms with van der Waals surface area (Å²) in [5.41, 5.74) is 0.680. The molecule has 0 bridgehead atoms. The minimum Gasteiger partial charge on any atom is -0.347 e. The van der Waals surface area contributed by atoms with Crippen molar-refractivity contribution in [2.75, 3.05) is 0 Å². The summed E-state index contributed by atoms with van der Waals surface area (Å²) in [5.74, 6) is 1.42. The molecule has 1 unspecified atom stereocenters. The minimum absolute atomic E-state index is 0.0161. The number of amides is 1. The molecule has 1 saturated carbocycles. The molecule has 2 aromatic heterocycles. The Kier molecular flexibility index (Phi) is 2.89. The molecule has 1 amide bonds. The van der Waals surface area contributed by atoms with E-state index in [1.54, 1.807) is 6.20 Å². The summed E-state index contributed by atoms with van der Waals surface area (Å²) in [7, 11) is 3.84. The van der Waals surface area contributed by atoms with Gasteiger partial charge in [0.15, 0.2) is 0 Å². The summed E-state index contributed by atoms with van der Waals surface area (Å²) in [5, 5.41) is 3.12. The number of imidazole rings is 1. The van der Waals surface area contributed by atoms with Crippen LogP contribution < -0.4 is 5.32 Å². The van der Waals surface area contributed by atoms with Gasteiger partial charge >= 0.3 is 0 Å². The van der Waals surface area contributed by atoms with E-state index in [-0.39, 0.29) is 11.9 Å². The zero-order chi connectivity index (χ0) is 13.4. The number of nitrogens with one attached hydrogen (secondary N) is 1. The van der Waals surface area contributed by atoms with Crippen LogP contribution in [0.15, 0.2) is 30.7 Å². The molecule has 19 heavy (non-hydrogen) atoms. The molecule has 5 heteroatoms. The Labute approximate surface area is 112 Å². The molecule has 0 spiro atoms. The van der Waals surface area contributed by atoms with Crippen LogP contribution in [-0.4, -0.2) is 20.0 Å². The second-order valence-corrected chi connectivity index (χ2v) is 5.19. The molecule has 100 valence electrons. The van der Waals surface area contributed by atoms with Crippen molar-refractivity contribution in [3.8, 4) is 0 Å². The third-order valence-electron chi connectivity index (χ3n) is 3.69. The number of rotatable bonds is 4. The molecular formula is C14H18N4O. The van der Waals surface area contributed by atoms with Gasteiger partial charge in [-0.05, 0) is 30.9 Å². The number of nitrogens with zero attached hydrogens (tertiary/aromatic N) is 3. The maximum absolute atomic E-state index is 12.3. The molecule has 2 aromatic rings. The topological polar surface area (TPSA) is 51.9 Å². The Bertz CT molecular complexity index is 594. The summed E-state index contributed by atoms with van der Waals surface area (Å²) in [6.45, 7) is 0. The van der Waals surface area contributed by atoms with Gasteiger partial charge in [-0.3, -0.25) is 4.79 Å². The van der Waals surface area contributed by atoms with Gasteiger partial charge in [-0.1, -0.05) is 0 Å². The predicted molar refractivity (Wildman–Crippen MR) is 71.6 cm³/mol. The van der Waals surface area contributed by atoms with Crippen molar-refractivity contribution in [3.05, 3.63) is 42.2 Å². The van der Waals surface area contributed by atoms with Crippen LogP contribution >= 0.6 is 0 Å². The zero-order valence-corrected chi connectivity index (χ0v) is 11.2. The van der Waals surface area contributed by atoms with E-state index >= 15 is 0 Å². The van der Waals surface area contributed by atoms with E-state index in [1.807, 2.05) is 47.8 Å². The molecule has 0 aliphatic heterocycles. The third-order valence-corrected chi connectivity index (χ3v) is 3.69. The normalized spacial score (nSPS) is 16.3. The first-order chi connectivity index (χ1) is 9.16. The summed E-state index contributed by atoms with van der Waals surface area (Å²) >= 11 is 0. The van der Waals surface area contributed by atoms with E-state index < -0.39 is 0 Å². The highest BCUT2D eigenvalue weighted by molar-refractivity contribution is 5.93. The van der Waals surface area contributed by atoms with E-state index in [1.165, 1.54) is 0 Å². The number of hydrogen-bond acceptors (Lipinski definition) is 2. The van der Waals surface area contributed by atoms with Crippen LogP contribution in [-0.2, 0) is 14.1 Å². The van der Waals surface area contributed by atoms with Gasteiger partial charge in [0.1, 0.15) is 11.5 Å². The quantitative estimate of drug-likeness (QED) is 0.906. The Hall–Kier alpha value is -2.04. The van der Waals surface area contributed by atoms with E-state index in [4.69, 9.17) is 0 Å². The van der Waals surface area contributed by atoms with Crippen molar-refractivity contribution in [1.82, 2.24) is 19.4 Å². The van der Waals surface area contributed by atoms with Gasteiger partial charge in [0.05, 0.1) is 6.04 Å². The fourth-order valence-electron chi connectivity index (χ4n) is 2.41. The number of carbonyl (C=O) groups excluding carboxylic acids is 1. The lowest BCUT2D eigenvalue weighted by Crippen LogP contribution is -2.32. The molecule has 0 saturated heterocycles. The summed E-state index contributed by atoms with van der Waals surface area (Å²) in [6.07, 6.45) is 7.89. The number of carbonyl (C=O) groups is 1. The van der Waals surface area contributed by atoms with Crippen LogP contribution in [0, 0.1) is 5.92 Å². The lowest BCUT2D eigenvalue weighted by molar-refractivity contribution is 0.0920. The molecule has 1 aliphatic rings. The van der Waals surface area contributed by atoms with Crippen LogP contribution in [0.1, 0.15) is 35.2 Å². The van der Waals surface area contributed by atoms with Crippen LogP contribution in [0.3, 0.4) is 0 Å². The first kappa shape index (κ1) is 12.0. The van der Waals surface area contributed by atoms with Crippen molar-refractivity contribution in [2.24, 2.45) is 20.0 Å². The second kappa shape index (κ2) is 4.57. The highest BCUT2D eigenvalue weighted by Gasteiger charge is 2.36. The molecule has 2 heterocycles. The largest absolute Gasteiger partial charge is 0.347 e. The van der Waals surface area contributed by atoms with Crippen LogP contribution in [0.5, 0.6) is 0 Å². The van der Waals surface area contributed by atoms with Crippen molar-refractivity contribution >= 4 is 5.91 Å². The zero-order valence-electron chi connectivity index (χ0n) is 11.2. The number of aryl methyl sites for hydroxylation is 2. The van der Waals surface area contributed by atoms with Gasteiger partial charge in [0.2, 0.25) is 0 Å². The van der Waals surface area contributed by atoms with Crippen molar-refractivity contribution in [2.45, 2.75) is 18.9 Å². The van der Waals surface area contributed by atoms with Crippen LogP contribution in [0.4, 0.5) is 0 Å². The predicted octanol–water partition coefficient (Wildman–Crippen LogP) is 1.64. The first-order valence-electron chi connectivity index (χ1n) is 6.56. The van der Waals surface area contributed by atoms with Gasteiger partial charge < -0.3 is 14.5 Å². The molecule has 3 rings (SSSR count). The molecule has 1 fully saturated rings. The Morgan fingerprint density at radius 3 is 2.68 bits per heavy atom. The van der Waals surface area contributed by atoms with Gasteiger partial charge in [-0.25, -0.2) is 4.98 Å². The maximum Gasteiger partial charge on any atom is 0.268 e. The highest BCUT2D eigenvalue weighted by atomic mass is 16.2. The lowest BCUT2D eigenvalue weighted by atomic mass is 10.1. The summed E-state index contributed by atoms with van der Waals surface area (Å²) < 4.78 is 3.81.